The number of thiazole rings is 1. The molecule has 1 atom stereocenters. The molecule has 0 radical (unpaired) electrons. The maximum Gasteiger partial charge on any atom is 0.261 e. The van der Waals surface area contributed by atoms with Crippen molar-refractivity contribution in [3.8, 4) is 16.5 Å². The molecule has 0 saturated heterocycles. The van der Waals surface area contributed by atoms with E-state index in [0.29, 0.717) is 6.54 Å². The number of ether oxygens (including phenoxy) is 1. The number of carbonyl (C=O) groups is 1. The number of nitrogens with zero attached hydrogens (tertiary/aromatic N) is 1. The molecule has 0 fully saturated rings. The number of amides is 1. The Hall–Kier alpha value is -2.60. The van der Waals surface area contributed by atoms with Gasteiger partial charge in [0.15, 0.2) is 16.9 Å². The van der Waals surface area contributed by atoms with Crippen LogP contribution < -0.4 is 10.1 Å². The Bertz CT molecular complexity index is 900. The Balaban J connectivity index is 1.61. The van der Waals surface area contributed by atoms with Gasteiger partial charge in [0.1, 0.15) is 5.75 Å². The molecule has 3 rings (SSSR count). The predicted molar refractivity (Wildman–Crippen MR) is 102 cm³/mol. The summed E-state index contributed by atoms with van der Waals surface area (Å²) in [5.74, 6) is 1.32. The van der Waals surface area contributed by atoms with Crippen LogP contribution in [-0.2, 0) is 11.3 Å². The third-order valence-corrected chi connectivity index (χ3v) is 5.24. The molecule has 3 aromatic rings. The number of nitrogens with one attached hydrogen (secondary N) is 1. The first-order valence-electron chi connectivity index (χ1n) is 8.46. The SMILES string of the molecule is Cc1ccc(C)c(OC(C)C(=O)NCc2sc(-c3ccco3)nc2C)c1. The summed E-state index contributed by atoms with van der Waals surface area (Å²) in [5, 5.41) is 3.74. The molecular formula is C20H22N2O3S. The van der Waals surface area contributed by atoms with Crippen LogP contribution in [0.2, 0.25) is 0 Å². The van der Waals surface area contributed by atoms with E-state index in [0.717, 1.165) is 38.2 Å². The number of rotatable bonds is 6. The largest absolute Gasteiger partial charge is 0.481 e. The molecule has 6 heteroatoms. The lowest BCUT2D eigenvalue weighted by Crippen LogP contribution is -2.36. The van der Waals surface area contributed by atoms with Gasteiger partial charge in [-0.1, -0.05) is 12.1 Å². The first kappa shape index (κ1) is 18.2. The molecule has 136 valence electrons. The molecule has 2 heterocycles. The second-order valence-corrected chi connectivity index (χ2v) is 7.34. The van der Waals surface area contributed by atoms with Gasteiger partial charge in [0.25, 0.3) is 5.91 Å². The lowest BCUT2D eigenvalue weighted by Gasteiger charge is -2.16. The van der Waals surface area contributed by atoms with Crippen molar-refractivity contribution in [3.05, 3.63) is 58.3 Å². The van der Waals surface area contributed by atoms with Crippen molar-refractivity contribution in [1.29, 1.82) is 0 Å². The fourth-order valence-corrected chi connectivity index (χ4v) is 3.46. The number of furan rings is 1. The van der Waals surface area contributed by atoms with Crippen molar-refractivity contribution in [2.45, 2.75) is 40.3 Å². The van der Waals surface area contributed by atoms with E-state index in [9.17, 15) is 4.79 Å². The third kappa shape index (κ3) is 4.14. The Morgan fingerprint density at radius 2 is 2.12 bits per heavy atom. The highest BCUT2D eigenvalue weighted by Crippen LogP contribution is 2.28. The molecule has 1 amide bonds. The highest BCUT2D eigenvalue weighted by Gasteiger charge is 2.17. The van der Waals surface area contributed by atoms with Gasteiger partial charge in [0.2, 0.25) is 0 Å². The van der Waals surface area contributed by atoms with E-state index in [1.165, 1.54) is 11.3 Å². The number of aryl methyl sites for hydroxylation is 3. The van der Waals surface area contributed by atoms with E-state index in [1.54, 1.807) is 13.2 Å². The van der Waals surface area contributed by atoms with E-state index in [-0.39, 0.29) is 5.91 Å². The van der Waals surface area contributed by atoms with Crippen LogP contribution in [0.3, 0.4) is 0 Å². The summed E-state index contributed by atoms with van der Waals surface area (Å²) in [6.07, 6.45) is 1.05. The minimum Gasteiger partial charge on any atom is -0.481 e. The zero-order valence-electron chi connectivity index (χ0n) is 15.3. The summed E-state index contributed by atoms with van der Waals surface area (Å²) in [7, 11) is 0. The van der Waals surface area contributed by atoms with Gasteiger partial charge in [0.05, 0.1) is 18.5 Å². The van der Waals surface area contributed by atoms with Gasteiger partial charge >= 0.3 is 0 Å². The first-order valence-corrected chi connectivity index (χ1v) is 9.27. The van der Waals surface area contributed by atoms with Crippen molar-refractivity contribution in [2.75, 3.05) is 0 Å². The molecule has 2 aromatic heterocycles. The maximum atomic E-state index is 12.4. The van der Waals surface area contributed by atoms with Crippen molar-refractivity contribution in [2.24, 2.45) is 0 Å². The molecule has 0 aliphatic carbocycles. The number of hydrogen-bond donors (Lipinski definition) is 1. The zero-order chi connectivity index (χ0) is 18.7. The van der Waals surface area contributed by atoms with Crippen LogP contribution in [0.4, 0.5) is 0 Å². The average Bonchev–Trinajstić information content (AvgIpc) is 3.25. The summed E-state index contributed by atoms with van der Waals surface area (Å²) in [4.78, 5) is 17.9. The number of aromatic nitrogens is 1. The maximum absolute atomic E-state index is 12.4. The van der Waals surface area contributed by atoms with Crippen LogP contribution in [0.5, 0.6) is 5.75 Å². The minimum absolute atomic E-state index is 0.154. The van der Waals surface area contributed by atoms with E-state index >= 15 is 0 Å². The van der Waals surface area contributed by atoms with Crippen LogP contribution in [0.1, 0.15) is 28.6 Å². The minimum atomic E-state index is -0.576. The number of hydrogen-bond acceptors (Lipinski definition) is 5. The van der Waals surface area contributed by atoms with Crippen LogP contribution in [0.25, 0.3) is 10.8 Å². The molecule has 26 heavy (non-hydrogen) atoms. The smallest absolute Gasteiger partial charge is 0.261 e. The lowest BCUT2D eigenvalue weighted by molar-refractivity contribution is -0.127. The molecule has 1 unspecified atom stereocenters. The molecule has 1 aromatic carbocycles. The van der Waals surface area contributed by atoms with Crippen LogP contribution in [-0.4, -0.2) is 17.0 Å². The van der Waals surface area contributed by atoms with Crippen LogP contribution in [0.15, 0.2) is 41.0 Å². The Morgan fingerprint density at radius 1 is 1.31 bits per heavy atom. The third-order valence-electron chi connectivity index (χ3n) is 4.06. The van der Waals surface area contributed by atoms with Crippen LogP contribution >= 0.6 is 11.3 Å². The Labute approximate surface area is 157 Å². The molecule has 0 spiro atoms. The first-order chi connectivity index (χ1) is 12.4. The number of carbonyl (C=O) groups excluding carboxylic acids is 1. The van der Waals surface area contributed by atoms with Crippen molar-refractivity contribution >= 4 is 17.2 Å². The van der Waals surface area contributed by atoms with Gasteiger partial charge in [-0.15, -0.1) is 11.3 Å². The topological polar surface area (TPSA) is 64.4 Å². The molecule has 1 N–H and O–H groups in total. The molecule has 0 aliphatic heterocycles. The van der Waals surface area contributed by atoms with Gasteiger partial charge in [0, 0.05) is 4.88 Å². The standard InChI is InChI=1S/C20H22N2O3S/c1-12-7-8-13(2)17(10-12)25-15(4)19(23)21-11-18-14(3)22-20(26-18)16-6-5-9-24-16/h5-10,15H,11H2,1-4H3,(H,21,23). The Kier molecular flexibility index (Phi) is 5.42. The predicted octanol–water partition coefficient (Wildman–Crippen LogP) is 4.41. The summed E-state index contributed by atoms with van der Waals surface area (Å²) in [6.45, 7) is 8.07. The molecule has 0 bridgehead atoms. The monoisotopic (exact) mass is 370 g/mol. The zero-order valence-corrected chi connectivity index (χ0v) is 16.1. The fourth-order valence-electron chi connectivity index (χ4n) is 2.49. The second kappa shape index (κ2) is 7.74. The summed E-state index contributed by atoms with van der Waals surface area (Å²) < 4.78 is 11.2. The van der Waals surface area contributed by atoms with Gasteiger partial charge in [-0.3, -0.25) is 4.79 Å². The molecular weight excluding hydrogens is 348 g/mol. The fraction of sp³-hybridized carbons (Fsp3) is 0.300. The molecule has 0 aliphatic rings. The van der Waals surface area contributed by atoms with Gasteiger partial charge in [-0.05, 0) is 57.0 Å². The normalized spacial score (nSPS) is 12.0. The van der Waals surface area contributed by atoms with Crippen molar-refractivity contribution in [1.82, 2.24) is 10.3 Å². The van der Waals surface area contributed by atoms with Gasteiger partial charge in [-0.2, -0.15) is 0 Å². The van der Waals surface area contributed by atoms with Crippen molar-refractivity contribution < 1.29 is 13.9 Å². The molecule has 5 nitrogen and oxygen atoms in total. The van der Waals surface area contributed by atoms with E-state index in [1.807, 2.05) is 51.1 Å². The molecule has 0 saturated carbocycles. The summed E-state index contributed by atoms with van der Waals surface area (Å²) >= 11 is 1.52. The Morgan fingerprint density at radius 3 is 2.85 bits per heavy atom. The van der Waals surface area contributed by atoms with E-state index in [4.69, 9.17) is 9.15 Å². The lowest BCUT2D eigenvalue weighted by atomic mass is 10.1. The summed E-state index contributed by atoms with van der Waals surface area (Å²) in [6, 6.07) is 9.67. The second-order valence-electron chi connectivity index (χ2n) is 6.25. The average molecular weight is 370 g/mol. The van der Waals surface area contributed by atoms with Gasteiger partial charge in [-0.25, -0.2) is 4.98 Å². The van der Waals surface area contributed by atoms with Gasteiger partial charge < -0.3 is 14.5 Å². The van der Waals surface area contributed by atoms with Crippen LogP contribution in [0, 0.1) is 20.8 Å². The number of benzene rings is 1. The van der Waals surface area contributed by atoms with E-state index < -0.39 is 6.10 Å². The highest BCUT2D eigenvalue weighted by molar-refractivity contribution is 7.15. The van der Waals surface area contributed by atoms with Crippen molar-refractivity contribution in [3.63, 3.8) is 0 Å². The van der Waals surface area contributed by atoms with E-state index in [2.05, 4.69) is 10.3 Å². The quantitative estimate of drug-likeness (QED) is 0.698. The highest BCUT2D eigenvalue weighted by atomic mass is 32.1. The summed E-state index contributed by atoms with van der Waals surface area (Å²) in [5.41, 5.74) is 3.00.